The van der Waals surface area contributed by atoms with Crippen molar-refractivity contribution in [2.24, 2.45) is 11.5 Å². The zero-order valence-electron chi connectivity index (χ0n) is 5.55. The number of hydrogen-bond donors (Lipinski definition) is 2. The molecule has 3 heteroatoms. The van der Waals surface area contributed by atoms with E-state index >= 15 is 0 Å². The Kier molecular flexibility index (Phi) is 4.26. The molecule has 9 heavy (non-hydrogen) atoms. The largest absolute Gasteiger partial charge is 0.401 e. The second kappa shape index (κ2) is 4.47. The van der Waals surface area contributed by atoms with Gasteiger partial charge in [-0.2, -0.15) is 0 Å². The van der Waals surface area contributed by atoms with Gasteiger partial charge in [0.1, 0.15) is 0 Å². The second-order valence-electron chi connectivity index (χ2n) is 1.59. The minimum atomic E-state index is 0.402. The van der Waals surface area contributed by atoms with E-state index in [1.54, 1.807) is 17.8 Å². The van der Waals surface area contributed by atoms with Crippen molar-refractivity contribution in [2.45, 2.75) is 0 Å². The average Bonchev–Trinajstić information content (AvgIpc) is 1.87. The SMILES string of the molecule is C=C(/C=C(/N)CN)SC. The van der Waals surface area contributed by atoms with Gasteiger partial charge in [-0.1, -0.05) is 6.58 Å². The number of rotatable bonds is 3. The van der Waals surface area contributed by atoms with Gasteiger partial charge >= 0.3 is 0 Å². The first-order valence-electron chi connectivity index (χ1n) is 2.59. The van der Waals surface area contributed by atoms with Gasteiger partial charge in [-0.05, 0) is 12.3 Å². The minimum Gasteiger partial charge on any atom is -0.401 e. The average molecular weight is 144 g/mol. The van der Waals surface area contributed by atoms with E-state index in [4.69, 9.17) is 11.5 Å². The van der Waals surface area contributed by atoms with Gasteiger partial charge in [-0.25, -0.2) is 0 Å². The Morgan fingerprint density at radius 2 is 2.33 bits per heavy atom. The molecule has 0 aromatic carbocycles. The van der Waals surface area contributed by atoms with Gasteiger partial charge in [0.2, 0.25) is 0 Å². The van der Waals surface area contributed by atoms with E-state index < -0.39 is 0 Å². The van der Waals surface area contributed by atoms with E-state index in [0.717, 1.165) is 4.91 Å². The highest BCUT2D eigenvalue weighted by Gasteiger charge is 1.86. The first kappa shape index (κ1) is 8.59. The van der Waals surface area contributed by atoms with Gasteiger partial charge in [0.15, 0.2) is 0 Å². The third-order valence-electron chi connectivity index (χ3n) is 0.844. The molecule has 2 nitrogen and oxygen atoms in total. The predicted octanol–water partition coefficient (Wildman–Crippen LogP) is 0.664. The fraction of sp³-hybridized carbons (Fsp3) is 0.333. The lowest BCUT2D eigenvalue weighted by Crippen LogP contribution is -2.10. The lowest BCUT2D eigenvalue weighted by atomic mass is 10.4. The molecule has 0 spiro atoms. The van der Waals surface area contributed by atoms with E-state index in [0.29, 0.717) is 12.2 Å². The molecule has 0 fully saturated rings. The number of nitrogens with two attached hydrogens (primary N) is 2. The van der Waals surface area contributed by atoms with Crippen LogP contribution in [-0.2, 0) is 0 Å². The standard InChI is InChI=1S/C6H12N2S/c1-5(9-2)3-6(8)4-7/h3H,1,4,7-8H2,2H3/b6-3+. The van der Waals surface area contributed by atoms with Crippen molar-refractivity contribution < 1.29 is 0 Å². The molecule has 0 bridgehead atoms. The summed E-state index contributed by atoms with van der Waals surface area (Å²) in [6.45, 7) is 4.11. The highest BCUT2D eigenvalue weighted by atomic mass is 32.2. The van der Waals surface area contributed by atoms with Crippen LogP contribution in [0.15, 0.2) is 23.3 Å². The summed E-state index contributed by atoms with van der Waals surface area (Å²) in [5.41, 5.74) is 11.3. The van der Waals surface area contributed by atoms with Crippen LogP contribution in [0.5, 0.6) is 0 Å². The Morgan fingerprint density at radius 1 is 1.78 bits per heavy atom. The Bertz CT molecular complexity index is 129. The third-order valence-corrected chi connectivity index (χ3v) is 1.49. The minimum absolute atomic E-state index is 0.402. The van der Waals surface area contributed by atoms with Gasteiger partial charge in [0.25, 0.3) is 0 Å². The molecule has 0 aliphatic carbocycles. The van der Waals surface area contributed by atoms with Gasteiger partial charge in [-0.3, -0.25) is 0 Å². The van der Waals surface area contributed by atoms with Crippen molar-refractivity contribution in [3.63, 3.8) is 0 Å². The number of thioether (sulfide) groups is 1. The molecule has 0 saturated carbocycles. The van der Waals surface area contributed by atoms with Crippen LogP contribution >= 0.6 is 11.8 Å². The number of allylic oxidation sites excluding steroid dienone is 1. The molecule has 0 aromatic heterocycles. The zero-order chi connectivity index (χ0) is 7.28. The lowest BCUT2D eigenvalue weighted by molar-refractivity contribution is 1.11. The molecule has 0 saturated heterocycles. The van der Waals surface area contributed by atoms with Crippen LogP contribution in [0.2, 0.25) is 0 Å². The first-order chi connectivity index (χ1) is 4.20. The summed E-state index contributed by atoms with van der Waals surface area (Å²) in [5.74, 6) is 0. The zero-order valence-corrected chi connectivity index (χ0v) is 6.37. The Hall–Kier alpha value is -0.410. The molecule has 52 valence electrons. The Labute approximate surface area is 60.0 Å². The van der Waals surface area contributed by atoms with Crippen LogP contribution < -0.4 is 11.5 Å². The van der Waals surface area contributed by atoms with Crippen molar-refractivity contribution in [3.05, 3.63) is 23.3 Å². The molecule has 0 rings (SSSR count). The van der Waals surface area contributed by atoms with Crippen LogP contribution in [-0.4, -0.2) is 12.8 Å². The van der Waals surface area contributed by atoms with E-state index in [1.165, 1.54) is 0 Å². The number of hydrogen-bond acceptors (Lipinski definition) is 3. The fourth-order valence-corrected chi connectivity index (χ4v) is 0.594. The van der Waals surface area contributed by atoms with Crippen LogP contribution in [0.4, 0.5) is 0 Å². The molecule has 0 radical (unpaired) electrons. The van der Waals surface area contributed by atoms with Crippen molar-refractivity contribution in [1.82, 2.24) is 0 Å². The maximum atomic E-state index is 5.41. The van der Waals surface area contributed by atoms with Crippen LogP contribution in [0.25, 0.3) is 0 Å². The monoisotopic (exact) mass is 144 g/mol. The fourth-order valence-electron chi connectivity index (χ4n) is 0.325. The molecular weight excluding hydrogens is 132 g/mol. The summed E-state index contributed by atoms with van der Waals surface area (Å²) >= 11 is 1.56. The first-order valence-corrected chi connectivity index (χ1v) is 3.82. The van der Waals surface area contributed by atoms with Crippen LogP contribution in [0, 0.1) is 0 Å². The van der Waals surface area contributed by atoms with Gasteiger partial charge < -0.3 is 11.5 Å². The summed E-state index contributed by atoms with van der Waals surface area (Å²) in [4.78, 5) is 0.943. The highest BCUT2D eigenvalue weighted by Crippen LogP contribution is 2.09. The summed E-state index contributed by atoms with van der Waals surface area (Å²) in [6, 6.07) is 0. The Morgan fingerprint density at radius 3 is 2.67 bits per heavy atom. The normalized spacial score (nSPS) is 11.6. The van der Waals surface area contributed by atoms with E-state index in [1.807, 2.05) is 6.26 Å². The molecule has 0 heterocycles. The van der Waals surface area contributed by atoms with Crippen LogP contribution in [0.3, 0.4) is 0 Å². The van der Waals surface area contributed by atoms with E-state index in [9.17, 15) is 0 Å². The van der Waals surface area contributed by atoms with Crippen molar-refractivity contribution in [3.8, 4) is 0 Å². The molecule has 0 aliphatic heterocycles. The molecule has 0 aliphatic rings. The third kappa shape index (κ3) is 4.12. The maximum Gasteiger partial charge on any atom is 0.0327 e. The quantitative estimate of drug-likeness (QED) is 0.572. The predicted molar refractivity (Wildman–Crippen MR) is 44.0 cm³/mol. The molecule has 0 atom stereocenters. The summed E-state index contributed by atoms with van der Waals surface area (Å²) < 4.78 is 0. The highest BCUT2D eigenvalue weighted by molar-refractivity contribution is 8.02. The molecule has 0 amide bonds. The topological polar surface area (TPSA) is 52.0 Å². The smallest absolute Gasteiger partial charge is 0.0327 e. The van der Waals surface area contributed by atoms with Gasteiger partial charge in [0.05, 0.1) is 0 Å². The second-order valence-corrected chi connectivity index (χ2v) is 2.53. The Balaban J connectivity index is 3.79. The van der Waals surface area contributed by atoms with Gasteiger partial charge in [0, 0.05) is 17.1 Å². The van der Waals surface area contributed by atoms with Crippen LogP contribution in [0.1, 0.15) is 0 Å². The molecule has 4 N–H and O–H groups in total. The molecular formula is C6H12N2S. The van der Waals surface area contributed by atoms with Crippen molar-refractivity contribution >= 4 is 11.8 Å². The lowest BCUT2D eigenvalue weighted by Gasteiger charge is -1.95. The summed E-state index contributed by atoms with van der Waals surface area (Å²) in [5, 5.41) is 0. The van der Waals surface area contributed by atoms with E-state index in [-0.39, 0.29) is 0 Å². The van der Waals surface area contributed by atoms with Crippen molar-refractivity contribution in [1.29, 1.82) is 0 Å². The molecule has 0 unspecified atom stereocenters. The summed E-state index contributed by atoms with van der Waals surface area (Å²) in [6.07, 6.45) is 3.73. The van der Waals surface area contributed by atoms with Gasteiger partial charge in [-0.15, -0.1) is 11.8 Å². The maximum absolute atomic E-state index is 5.41. The van der Waals surface area contributed by atoms with Crippen molar-refractivity contribution in [2.75, 3.05) is 12.8 Å². The van der Waals surface area contributed by atoms with E-state index in [2.05, 4.69) is 6.58 Å². The molecule has 0 aromatic rings. The summed E-state index contributed by atoms with van der Waals surface area (Å²) in [7, 11) is 0.